The summed E-state index contributed by atoms with van der Waals surface area (Å²) in [5, 5.41) is 12.3. The molecule has 0 spiro atoms. The third kappa shape index (κ3) is 9.94. The Morgan fingerprint density at radius 3 is 2.38 bits per heavy atom. The number of carbonyl (C=O) groups excluding carboxylic acids is 3. The summed E-state index contributed by atoms with van der Waals surface area (Å²) in [6.07, 6.45) is 3.14. The van der Waals surface area contributed by atoms with Crippen LogP contribution in [0.2, 0.25) is 0 Å². The topological polar surface area (TPSA) is 151 Å². The van der Waals surface area contributed by atoms with Crippen molar-refractivity contribution in [3.05, 3.63) is 139 Å². The zero-order valence-electron chi connectivity index (χ0n) is 29.7. The van der Waals surface area contributed by atoms with Crippen LogP contribution in [0.15, 0.2) is 101 Å². The summed E-state index contributed by atoms with van der Waals surface area (Å²) in [5.74, 6) is -2.54. The van der Waals surface area contributed by atoms with E-state index in [1.165, 1.54) is 51.0 Å². The first-order valence-electron chi connectivity index (χ1n) is 16.8. The maximum Gasteiger partial charge on any atom is 0.347 e. The molecule has 6 rings (SSSR count). The molecule has 0 saturated heterocycles. The number of hydrogen-bond acceptors (Lipinski definition) is 12. The number of nitrogens with zero attached hydrogens (tertiary/aromatic N) is 1. The normalized spacial score (nSPS) is 13.2. The second-order valence-corrected chi connectivity index (χ2v) is 16.6. The molecule has 1 amide bonds. The monoisotopic (exact) mass is 830 g/mol. The molecule has 4 aromatic carbocycles. The van der Waals surface area contributed by atoms with E-state index in [1.54, 1.807) is 48.7 Å². The smallest absolute Gasteiger partial charge is 0.347 e. The summed E-state index contributed by atoms with van der Waals surface area (Å²) >= 11 is 5.22. The molecule has 56 heavy (non-hydrogen) atoms. The van der Waals surface area contributed by atoms with Crippen LogP contribution in [0.3, 0.4) is 0 Å². The molecule has 0 fully saturated rings. The van der Waals surface area contributed by atoms with Gasteiger partial charge in [0, 0.05) is 38.9 Å². The Labute approximate surface area is 335 Å². The van der Waals surface area contributed by atoms with Crippen LogP contribution in [-0.2, 0) is 25.2 Å². The summed E-state index contributed by atoms with van der Waals surface area (Å²) in [5.41, 5.74) is 5.25. The van der Waals surface area contributed by atoms with E-state index in [1.807, 2.05) is 31.2 Å². The van der Waals surface area contributed by atoms with Gasteiger partial charge in [0.15, 0.2) is 0 Å². The lowest BCUT2D eigenvalue weighted by Crippen LogP contribution is -2.17. The Hall–Kier alpha value is -5.68. The number of benzene rings is 4. The first-order chi connectivity index (χ1) is 26.8. The van der Waals surface area contributed by atoms with Crippen LogP contribution in [0.4, 0.5) is 10.1 Å². The maximum atomic E-state index is 14.6. The molecule has 1 aliphatic rings. The van der Waals surface area contributed by atoms with Gasteiger partial charge in [-0.2, -0.15) is 0 Å². The molecular formula is C40H31FN2O9S4. The van der Waals surface area contributed by atoms with Crippen LogP contribution in [0.25, 0.3) is 27.7 Å². The van der Waals surface area contributed by atoms with Crippen LogP contribution in [0.1, 0.15) is 53.2 Å². The van der Waals surface area contributed by atoms with Crippen molar-refractivity contribution in [2.75, 3.05) is 18.2 Å². The van der Waals surface area contributed by atoms with Gasteiger partial charge in [-0.05, 0) is 131 Å². The lowest BCUT2D eigenvalue weighted by molar-refractivity contribution is -0.757. The number of ether oxygens (including phenoxy) is 2. The van der Waals surface area contributed by atoms with Gasteiger partial charge < -0.3 is 19.6 Å². The maximum absolute atomic E-state index is 14.6. The highest BCUT2D eigenvalue weighted by atomic mass is 32.9. The molecular weight excluding hydrogens is 800 g/mol. The fourth-order valence-corrected chi connectivity index (χ4v) is 8.80. The molecule has 16 heteroatoms. The summed E-state index contributed by atoms with van der Waals surface area (Å²) < 4.78 is 38.3. The van der Waals surface area contributed by atoms with E-state index in [2.05, 4.69) is 10.2 Å². The molecule has 0 aliphatic heterocycles. The highest BCUT2D eigenvalue weighted by molar-refractivity contribution is 7.84. The number of rotatable bonds is 14. The average Bonchev–Trinajstić information content (AvgIpc) is 3.71. The molecule has 0 saturated carbocycles. The summed E-state index contributed by atoms with van der Waals surface area (Å²) in [7, 11) is 1.86. The van der Waals surface area contributed by atoms with E-state index in [4.69, 9.17) is 21.7 Å². The number of esters is 2. The predicted molar refractivity (Wildman–Crippen MR) is 217 cm³/mol. The Bertz CT molecular complexity index is 2490. The summed E-state index contributed by atoms with van der Waals surface area (Å²) in [6.45, 7) is 1.53. The number of hydrogen-bond donors (Lipinski definition) is 1. The van der Waals surface area contributed by atoms with Gasteiger partial charge in [-0.1, -0.05) is 51.1 Å². The van der Waals surface area contributed by atoms with Crippen LogP contribution in [-0.4, -0.2) is 40.0 Å². The molecule has 1 aromatic heterocycles. The fraction of sp³-hybridized carbons (Fsp3) is 0.150. The van der Waals surface area contributed by atoms with Crippen molar-refractivity contribution in [2.45, 2.75) is 31.1 Å². The third-order valence-electron chi connectivity index (χ3n) is 8.55. The summed E-state index contributed by atoms with van der Waals surface area (Å²) in [6, 6.07) is 24.4. The first-order valence-corrected chi connectivity index (χ1v) is 21.0. The lowest BCUT2D eigenvalue weighted by atomic mass is 10.0. The van der Waals surface area contributed by atoms with Crippen LogP contribution in [0.5, 0.6) is 11.5 Å². The quantitative estimate of drug-likeness (QED) is 0.0218. The van der Waals surface area contributed by atoms with Crippen LogP contribution in [0, 0.1) is 19.8 Å². The molecule has 1 N–H and O–H groups in total. The van der Waals surface area contributed by atoms with Gasteiger partial charge in [0.05, 0.1) is 13.0 Å². The second kappa shape index (κ2) is 17.8. The minimum atomic E-state index is -1.13. The Morgan fingerprint density at radius 1 is 0.946 bits per heavy atom. The number of halogens is 1. The minimum absolute atomic E-state index is 0.00943. The van der Waals surface area contributed by atoms with E-state index in [0.717, 1.165) is 36.5 Å². The van der Waals surface area contributed by atoms with E-state index in [9.17, 15) is 33.1 Å². The van der Waals surface area contributed by atoms with Crippen molar-refractivity contribution < 1.29 is 42.4 Å². The molecule has 1 unspecified atom stereocenters. The molecule has 286 valence electrons. The van der Waals surface area contributed by atoms with Crippen LogP contribution < -0.4 is 14.8 Å². The van der Waals surface area contributed by atoms with E-state index >= 15 is 0 Å². The number of carbonyl (C=O) groups is 3. The van der Waals surface area contributed by atoms with E-state index in [-0.39, 0.29) is 48.6 Å². The molecule has 5 aromatic rings. The van der Waals surface area contributed by atoms with Gasteiger partial charge in [0.1, 0.15) is 26.7 Å². The zero-order valence-corrected chi connectivity index (χ0v) is 33.0. The van der Waals surface area contributed by atoms with Crippen molar-refractivity contribution in [3.8, 4) is 21.9 Å². The third-order valence-corrected chi connectivity index (χ3v) is 12.4. The number of allylic oxidation sites excluding steroid dienone is 2. The van der Waals surface area contributed by atoms with E-state index in [0.29, 0.717) is 16.0 Å². The van der Waals surface area contributed by atoms with Crippen molar-refractivity contribution >= 4 is 84.5 Å². The molecule has 0 bridgehead atoms. The lowest BCUT2D eigenvalue weighted by Gasteiger charge is -2.13. The van der Waals surface area contributed by atoms with Crippen molar-refractivity contribution in [3.63, 3.8) is 0 Å². The number of nitrogens with one attached hydrogen (secondary N) is 1. The Morgan fingerprint density at radius 2 is 1.70 bits per heavy atom. The zero-order chi connectivity index (χ0) is 39.9. The van der Waals surface area contributed by atoms with Gasteiger partial charge in [0.25, 0.3) is 5.09 Å². The van der Waals surface area contributed by atoms with Gasteiger partial charge in [-0.25, -0.2) is 9.18 Å². The van der Waals surface area contributed by atoms with Gasteiger partial charge >= 0.3 is 11.9 Å². The predicted octanol–water partition coefficient (Wildman–Crippen LogP) is 9.55. The minimum Gasteiger partial charge on any atom is -0.426 e. The first kappa shape index (κ1) is 40.0. The molecule has 11 nitrogen and oxygen atoms in total. The highest BCUT2D eigenvalue weighted by Gasteiger charge is 2.26. The van der Waals surface area contributed by atoms with Gasteiger partial charge in [0.2, 0.25) is 5.91 Å². The molecule has 1 aliphatic carbocycles. The largest absolute Gasteiger partial charge is 0.426 e. The number of anilines is 1. The fourth-order valence-electron chi connectivity index (χ4n) is 5.88. The molecule has 1 heterocycles. The van der Waals surface area contributed by atoms with Gasteiger partial charge in [-0.3, -0.25) is 13.8 Å². The molecule has 0 radical (unpaired) electrons. The Balaban J connectivity index is 1.23. The second-order valence-electron chi connectivity index (χ2n) is 12.4. The Kier molecular flexibility index (Phi) is 12.7. The van der Waals surface area contributed by atoms with Crippen molar-refractivity contribution in [1.29, 1.82) is 0 Å². The van der Waals surface area contributed by atoms with Crippen molar-refractivity contribution in [2.24, 2.45) is 0 Å². The van der Waals surface area contributed by atoms with Crippen LogP contribution >= 0.6 is 32.9 Å². The summed E-state index contributed by atoms with van der Waals surface area (Å²) in [4.78, 5) is 56.2. The number of fused-ring (bicyclic) bond motifs is 1. The number of amides is 1. The standard InChI is InChI=1S/C40H31FN2O9S4/c1-23-31(18-24-5-13-29(14-6-24)56(2)49)30-15-9-26(41)19-33(30)32(23)21-37(44)42-27-10-16-35(52-38(45)4-3-17-50-43(47)48)34(20-27)40(46)51-28-11-7-25(8-12-28)36-22-39(53)55-54-36/h5-16,18-20,22H,3-4,17,21H2,1-2H3,(H,42,44)/b31-18-. The van der Waals surface area contributed by atoms with Gasteiger partial charge in [-0.15, -0.1) is 10.1 Å². The highest BCUT2D eigenvalue weighted by Crippen LogP contribution is 2.44. The van der Waals surface area contributed by atoms with Crippen molar-refractivity contribution in [1.82, 2.24) is 0 Å². The SMILES string of the molecule is CC1=C(CC(=O)Nc2ccc(OC(=O)CCCO[N+](=O)[O-])c(C(=O)Oc3ccc(-c4cc(=S)ss4)cc3)c2)c2cc(F)ccc2/C1=C\c1ccc(S(C)=O)cc1. The average molecular weight is 831 g/mol. The van der Waals surface area contributed by atoms with E-state index < -0.39 is 39.5 Å². The molecule has 1 atom stereocenters.